The predicted octanol–water partition coefficient (Wildman–Crippen LogP) is 0.664. The average molecular weight is 260 g/mol. The van der Waals surface area contributed by atoms with E-state index in [2.05, 4.69) is 0 Å². The molecule has 0 aromatic heterocycles. The van der Waals surface area contributed by atoms with Crippen molar-refractivity contribution >= 4 is 27.4 Å². The van der Waals surface area contributed by atoms with Crippen molar-refractivity contribution in [2.24, 2.45) is 0 Å². The molecule has 0 amide bonds. The normalized spacial score (nSPS) is 10.9. The molecule has 1 aromatic rings. The number of rotatable bonds is 4. The van der Waals surface area contributed by atoms with E-state index in [9.17, 15) is 23.3 Å². The number of aromatic carboxylic acids is 1. The van der Waals surface area contributed by atoms with Gasteiger partial charge in [0.2, 0.25) is 10.0 Å². The van der Waals surface area contributed by atoms with Crippen LogP contribution in [0, 0.1) is 10.1 Å². The number of hydrogen-bond acceptors (Lipinski definition) is 5. The molecule has 0 aliphatic heterocycles. The van der Waals surface area contributed by atoms with Gasteiger partial charge in [0.1, 0.15) is 5.69 Å². The van der Waals surface area contributed by atoms with Crippen LogP contribution in [0.25, 0.3) is 0 Å². The third kappa shape index (κ3) is 3.14. The number of hydrogen-bond donors (Lipinski definition) is 2. The Balaban J connectivity index is 3.49. The molecule has 0 aliphatic carbocycles. The number of nitrogens with one attached hydrogen (secondary N) is 1. The van der Waals surface area contributed by atoms with E-state index in [0.29, 0.717) is 0 Å². The van der Waals surface area contributed by atoms with Crippen molar-refractivity contribution in [3.05, 3.63) is 33.9 Å². The van der Waals surface area contributed by atoms with Gasteiger partial charge in [0.25, 0.3) is 5.69 Å². The van der Waals surface area contributed by atoms with Crippen LogP contribution in [0.2, 0.25) is 0 Å². The van der Waals surface area contributed by atoms with E-state index in [0.717, 1.165) is 24.5 Å². The monoisotopic (exact) mass is 260 g/mol. The summed E-state index contributed by atoms with van der Waals surface area (Å²) in [5.74, 6) is -1.46. The summed E-state index contributed by atoms with van der Waals surface area (Å²) in [4.78, 5) is 20.6. The summed E-state index contributed by atoms with van der Waals surface area (Å²) in [5.41, 5.74) is -1.65. The molecule has 0 unspecified atom stereocenters. The molecule has 17 heavy (non-hydrogen) atoms. The standard InChI is InChI=1S/C8H8N2O6S/c1-17(15,16)9-7-5(8(11)12)3-2-4-6(7)10(13)14/h2-4,9H,1H3,(H,11,12). The van der Waals surface area contributed by atoms with Gasteiger partial charge in [0.05, 0.1) is 16.7 Å². The number of anilines is 1. The highest BCUT2D eigenvalue weighted by Gasteiger charge is 2.23. The minimum absolute atomic E-state index is 0.482. The average Bonchev–Trinajstić information content (AvgIpc) is 2.14. The zero-order valence-corrected chi connectivity index (χ0v) is 9.39. The first kappa shape index (κ1) is 12.9. The second-order valence-electron chi connectivity index (χ2n) is 3.14. The minimum Gasteiger partial charge on any atom is -0.478 e. The fraction of sp³-hybridized carbons (Fsp3) is 0.125. The Bertz CT molecular complexity index is 547. The fourth-order valence-corrected chi connectivity index (χ4v) is 1.75. The van der Waals surface area contributed by atoms with Crippen molar-refractivity contribution in [1.29, 1.82) is 0 Å². The van der Waals surface area contributed by atoms with Crippen LogP contribution in [0.15, 0.2) is 18.2 Å². The zero-order chi connectivity index (χ0) is 13.2. The van der Waals surface area contributed by atoms with Gasteiger partial charge in [0, 0.05) is 6.07 Å². The smallest absolute Gasteiger partial charge is 0.338 e. The van der Waals surface area contributed by atoms with Crippen LogP contribution in [-0.2, 0) is 10.0 Å². The van der Waals surface area contributed by atoms with E-state index in [1.807, 2.05) is 4.72 Å². The Morgan fingerprint density at radius 2 is 2.06 bits per heavy atom. The molecule has 0 heterocycles. The van der Waals surface area contributed by atoms with Gasteiger partial charge in [-0.2, -0.15) is 0 Å². The lowest BCUT2D eigenvalue weighted by Gasteiger charge is -2.07. The van der Waals surface area contributed by atoms with E-state index >= 15 is 0 Å². The number of para-hydroxylation sites is 1. The lowest BCUT2D eigenvalue weighted by Crippen LogP contribution is -2.14. The minimum atomic E-state index is -3.81. The number of benzene rings is 1. The largest absolute Gasteiger partial charge is 0.478 e. The fourth-order valence-electron chi connectivity index (χ4n) is 1.16. The van der Waals surface area contributed by atoms with E-state index in [1.54, 1.807) is 0 Å². The van der Waals surface area contributed by atoms with Crippen molar-refractivity contribution in [1.82, 2.24) is 0 Å². The first-order valence-electron chi connectivity index (χ1n) is 4.21. The highest BCUT2D eigenvalue weighted by atomic mass is 32.2. The Morgan fingerprint density at radius 1 is 1.47 bits per heavy atom. The summed E-state index contributed by atoms with van der Waals surface area (Å²) >= 11 is 0. The Kier molecular flexibility index (Phi) is 3.32. The van der Waals surface area contributed by atoms with Gasteiger partial charge in [-0.25, -0.2) is 13.2 Å². The molecule has 0 saturated heterocycles. The molecule has 8 nitrogen and oxygen atoms in total. The summed E-state index contributed by atoms with van der Waals surface area (Å²) in [6.07, 6.45) is 0.773. The molecule has 92 valence electrons. The molecule has 9 heteroatoms. The maximum atomic E-state index is 11.0. The predicted molar refractivity (Wildman–Crippen MR) is 58.5 cm³/mol. The summed E-state index contributed by atoms with van der Waals surface area (Å²) in [6.45, 7) is 0. The van der Waals surface area contributed by atoms with Crippen molar-refractivity contribution < 1.29 is 23.2 Å². The van der Waals surface area contributed by atoms with Gasteiger partial charge in [0.15, 0.2) is 0 Å². The summed E-state index contributed by atoms with van der Waals surface area (Å²) in [7, 11) is -3.81. The van der Waals surface area contributed by atoms with Crippen molar-refractivity contribution in [2.75, 3.05) is 11.0 Å². The van der Waals surface area contributed by atoms with Crippen LogP contribution in [0.1, 0.15) is 10.4 Å². The van der Waals surface area contributed by atoms with Gasteiger partial charge in [-0.1, -0.05) is 6.07 Å². The summed E-state index contributed by atoms with van der Waals surface area (Å²) in [5, 5.41) is 19.5. The lowest BCUT2D eigenvalue weighted by molar-refractivity contribution is -0.383. The maximum Gasteiger partial charge on any atom is 0.338 e. The molecule has 2 N–H and O–H groups in total. The second-order valence-corrected chi connectivity index (χ2v) is 4.88. The topological polar surface area (TPSA) is 127 Å². The van der Waals surface area contributed by atoms with Crippen LogP contribution in [0.3, 0.4) is 0 Å². The van der Waals surface area contributed by atoms with Crippen molar-refractivity contribution in [3.8, 4) is 0 Å². The maximum absolute atomic E-state index is 11.0. The molecule has 0 atom stereocenters. The highest BCUT2D eigenvalue weighted by molar-refractivity contribution is 7.92. The Labute approximate surface area is 96.1 Å². The molecule has 0 fully saturated rings. The van der Waals surface area contributed by atoms with Gasteiger partial charge < -0.3 is 5.11 Å². The molecule has 0 aliphatic rings. The quantitative estimate of drug-likeness (QED) is 0.604. The number of carboxylic acid groups (broad SMARTS) is 1. The van der Waals surface area contributed by atoms with Gasteiger partial charge in [-0.05, 0) is 6.07 Å². The van der Waals surface area contributed by atoms with Crippen molar-refractivity contribution in [2.45, 2.75) is 0 Å². The van der Waals surface area contributed by atoms with Crippen LogP contribution in [0.4, 0.5) is 11.4 Å². The first-order chi connectivity index (χ1) is 7.72. The number of carboxylic acids is 1. The SMILES string of the molecule is CS(=O)(=O)Nc1c(C(=O)O)cccc1[N+](=O)[O-]. The molecule has 1 rings (SSSR count). The molecule has 0 bridgehead atoms. The number of nitro groups is 1. The summed E-state index contributed by atoms with van der Waals surface area (Å²) in [6, 6.07) is 3.25. The van der Waals surface area contributed by atoms with Crippen LogP contribution >= 0.6 is 0 Å². The number of carbonyl (C=O) groups is 1. The molecular weight excluding hydrogens is 252 g/mol. The third-order valence-corrected chi connectivity index (χ3v) is 2.33. The van der Waals surface area contributed by atoms with Gasteiger partial charge >= 0.3 is 5.97 Å². The van der Waals surface area contributed by atoms with E-state index in [1.165, 1.54) is 0 Å². The molecule has 1 aromatic carbocycles. The first-order valence-corrected chi connectivity index (χ1v) is 6.10. The third-order valence-electron chi connectivity index (χ3n) is 1.76. The van der Waals surface area contributed by atoms with E-state index < -0.39 is 37.9 Å². The second kappa shape index (κ2) is 4.37. The Morgan fingerprint density at radius 3 is 2.47 bits per heavy atom. The van der Waals surface area contributed by atoms with E-state index in [-0.39, 0.29) is 0 Å². The number of sulfonamides is 1. The van der Waals surface area contributed by atoms with E-state index in [4.69, 9.17) is 5.11 Å². The molecular formula is C8H8N2O6S. The highest BCUT2D eigenvalue weighted by Crippen LogP contribution is 2.28. The number of nitrogens with zero attached hydrogens (tertiary/aromatic N) is 1. The van der Waals surface area contributed by atoms with Crippen LogP contribution in [-0.4, -0.2) is 30.7 Å². The van der Waals surface area contributed by atoms with Crippen molar-refractivity contribution in [3.63, 3.8) is 0 Å². The lowest BCUT2D eigenvalue weighted by atomic mass is 10.1. The van der Waals surface area contributed by atoms with Crippen LogP contribution in [0.5, 0.6) is 0 Å². The Hall–Kier alpha value is -2.16. The van der Waals surface area contributed by atoms with Crippen LogP contribution < -0.4 is 4.72 Å². The molecule has 0 radical (unpaired) electrons. The van der Waals surface area contributed by atoms with Gasteiger partial charge in [-0.15, -0.1) is 0 Å². The van der Waals surface area contributed by atoms with Gasteiger partial charge in [-0.3, -0.25) is 14.8 Å². The summed E-state index contributed by atoms with van der Waals surface area (Å²) < 4.78 is 23.9. The zero-order valence-electron chi connectivity index (χ0n) is 8.58. The number of nitro benzene ring substituents is 1. The molecule has 0 spiro atoms. The molecule has 0 saturated carbocycles.